The normalized spacial score (nSPS) is 35.0. The van der Waals surface area contributed by atoms with Crippen LogP contribution in [0.25, 0.3) is 0 Å². The van der Waals surface area contributed by atoms with Crippen LogP contribution >= 0.6 is 0 Å². The van der Waals surface area contributed by atoms with Gasteiger partial charge in [0.15, 0.2) is 0 Å². The molecule has 1 saturated heterocycles. The van der Waals surface area contributed by atoms with Crippen LogP contribution in [0.5, 0.6) is 0 Å². The molecule has 0 spiro atoms. The van der Waals surface area contributed by atoms with Crippen LogP contribution in [-0.4, -0.2) is 31.1 Å². The number of nitrogens with zero attached hydrogens (tertiary/aromatic N) is 1. The van der Waals surface area contributed by atoms with Gasteiger partial charge >= 0.3 is 0 Å². The van der Waals surface area contributed by atoms with E-state index in [4.69, 9.17) is 5.73 Å². The summed E-state index contributed by atoms with van der Waals surface area (Å²) in [6, 6.07) is 0.405. The summed E-state index contributed by atoms with van der Waals surface area (Å²) in [7, 11) is 2.17. The Labute approximate surface area is 76.1 Å². The number of hydrogen-bond acceptors (Lipinski definition) is 2. The molecule has 72 valence electrons. The Morgan fingerprint density at radius 3 is 2.67 bits per heavy atom. The van der Waals surface area contributed by atoms with Crippen molar-refractivity contribution < 1.29 is 0 Å². The first-order valence-electron chi connectivity index (χ1n) is 5.07. The van der Waals surface area contributed by atoms with E-state index in [1.807, 2.05) is 0 Å². The lowest BCUT2D eigenvalue weighted by Gasteiger charge is -2.36. The van der Waals surface area contributed by atoms with Crippen LogP contribution in [0.1, 0.15) is 26.7 Å². The molecule has 1 rings (SSSR count). The zero-order chi connectivity index (χ0) is 9.14. The Morgan fingerprint density at radius 1 is 1.50 bits per heavy atom. The highest BCUT2D eigenvalue weighted by Crippen LogP contribution is 2.24. The molecule has 2 heteroatoms. The summed E-state index contributed by atoms with van der Waals surface area (Å²) in [5.41, 5.74) is 5.97. The van der Waals surface area contributed by atoms with Gasteiger partial charge in [-0.3, -0.25) is 0 Å². The fourth-order valence-electron chi connectivity index (χ4n) is 2.16. The standard InChI is InChI=1S/C10H22N2/c1-4-8(2)9-5-10(11)7-12(3)6-9/h8-10H,4-7,11H2,1-3H3. The molecule has 0 bridgehead atoms. The van der Waals surface area contributed by atoms with Crippen molar-refractivity contribution in [3.8, 4) is 0 Å². The van der Waals surface area contributed by atoms with Crippen LogP contribution in [0.3, 0.4) is 0 Å². The molecular formula is C10H22N2. The van der Waals surface area contributed by atoms with Crippen LogP contribution in [0.2, 0.25) is 0 Å². The molecule has 0 aromatic carbocycles. The van der Waals surface area contributed by atoms with Gasteiger partial charge in [0.1, 0.15) is 0 Å². The number of likely N-dealkylation sites (N-methyl/N-ethyl adjacent to an activating group) is 1. The Kier molecular flexibility index (Phi) is 3.53. The molecule has 0 saturated carbocycles. The highest BCUT2D eigenvalue weighted by atomic mass is 15.1. The molecule has 1 heterocycles. The van der Waals surface area contributed by atoms with Crippen molar-refractivity contribution in [1.82, 2.24) is 4.90 Å². The van der Waals surface area contributed by atoms with Crippen LogP contribution in [0, 0.1) is 11.8 Å². The van der Waals surface area contributed by atoms with Crippen molar-refractivity contribution in [2.75, 3.05) is 20.1 Å². The largest absolute Gasteiger partial charge is 0.327 e. The topological polar surface area (TPSA) is 29.3 Å². The number of piperidine rings is 1. The molecule has 0 radical (unpaired) electrons. The molecule has 0 aromatic rings. The summed E-state index contributed by atoms with van der Waals surface area (Å²) in [5.74, 6) is 1.66. The van der Waals surface area contributed by atoms with E-state index in [1.165, 1.54) is 19.4 Å². The first-order chi connectivity index (χ1) is 5.63. The maximum atomic E-state index is 5.97. The second kappa shape index (κ2) is 4.24. The first kappa shape index (κ1) is 10.0. The first-order valence-corrected chi connectivity index (χ1v) is 5.07. The summed E-state index contributed by atoms with van der Waals surface area (Å²) in [4.78, 5) is 2.37. The molecule has 1 fully saturated rings. The predicted molar refractivity (Wildman–Crippen MR) is 53.0 cm³/mol. The van der Waals surface area contributed by atoms with Crippen molar-refractivity contribution in [3.05, 3.63) is 0 Å². The second-order valence-corrected chi connectivity index (χ2v) is 4.36. The van der Waals surface area contributed by atoms with Gasteiger partial charge in [-0.1, -0.05) is 20.3 Å². The SMILES string of the molecule is CCC(C)C1CC(N)CN(C)C1. The molecule has 0 aliphatic carbocycles. The van der Waals surface area contributed by atoms with Crippen molar-refractivity contribution in [2.45, 2.75) is 32.7 Å². The zero-order valence-electron chi connectivity index (χ0n) is 8.59. The van der Waals surface area contributed by atoms with Crippen LogP contribution in [-0.2, 0) is 0 Å². The monoisotopic (exact) mass is 170 g/mol. The number of likely N-dealkylation sites (tertiary alicyclic amines) is 1. The van der Waals surface area contributed by atoms with E-state index in [0.29, 0.717) is 6.04 Å². The van der Waals surface area contributed by atoms with Gasteiger partial charge in [0.05, 0.1) is 0 Å². The third-order valence-electron chi connectivity index (χ3n) is 3.15. The summed E-state index contributed by atoms with van der Waals surface area (Å²) < 4.78 is 0. The van der Waals surface area contributed by atoms with E-state index in [1.54, 1.807) is 0 Å². The van der Waals surface area contributed by atoms with Gasteiger partial charge in [0, 0.05) is 19.1 Å². The third-order valence-corrected chi connectivity index (χ3v) is 3.15. The van der Waals surface area contributed by atoms with E-state index in [-0.39, 0.29) is 0 Å². The van der Waals surface area contributed by atoms with Gasteiger partial charge in [-0.2, -0.15) is 0 Å². The van der Waals surface area contributed by atoms with Crippen molar-refractivity contribution in [3.63, 3.8) is 0 Å². The lowest BCUT2D eigenvalue weighted by Crippen LogP contribution is -2.46. The fraction of sp³-hybridized carbons (Fsp3) is 1.00. The lowest BCUT2D eigenvalue weighted by molar-refractivity contribution is 0.147. The zero-order valence-corrected chi connectivity index (χ0v) is 8.59. The molecule has 0 amide bonds. The smallest absolute Gasteiger partial charge is 0.0170 e. The molecular weight excluding hydrogens is 148 g/mol. The van der Waals surface area contributed by atoms with Gasteiger partial charge in [0.25, 0.3) is 0 Å². The van der Waals surface area contributed by atoms with E-state index in [2.05, 4.69) is 25.8 Å². The molecule has 1 aliphatic rings. The number of nitrogens with two attached hydrogens (primary N) is 1. The molecule has 2 nitrogen and oxygen atoms in total. The number of hydrogen-bond donors (Lipinski definition) is 1. The average molecular weight is 170 g/mol. The highest BCUT2D eigenvalue weighted by molar-refractivity contribution is 4.81. The van der Waals surface area contributed by atoms with Crippen LogP contribution in [0.4, 0.5) is 0 Å². The summed E-state index contributed by atoms with van der Waals surface area (Å²) in [6.07, 6.45) is 2.50. The molecule has 0 aromatic heterocycles. The van der Waals surface area contributed by atoms with Gasteiger partial charge in [0.2, 0.25) is 0 Å². The van der Waals surface area contributed by atoms with Gasteiger partial charge in [-0.05, 0) is 25.3 Å². The van der Waals surface area contributed by atoms with Crippen LogP contribution < -0.4 is 5.73 Å². The minimum Gasteiger partial charge on any atom is -0.327 e. The maximum absolute atomic E-state index is 5.97. The summed E-state index contributed by atoms with van der Waals surface area (Å²) in [5, 5.41) is 0. The lowest BCUT2D eigenvalue weighted by atomic mass is 9.83. The van der Waals surface area contributed by atoms with Crippen molar-refractivity contribution >= 4 is 0 Å². The minimum atomic E-state index is 0.405. The summed E-state index contributed by atoms with van der Waals surface area (Å²) in [6.45, 7) is 6.93. The predicted octanol–water partition coefficient (Wildman–Crippen LogP) is 1.31. The Bertz CT molecular complexity index is 126. The van der Waals surface area contributed by atoms with E-state index < -0.39 is 0 Å². The Morgan fingerprint density at radius 2 is 2.17 bits per heavy atom. The van der Waals surface area contributed by atoms with E-state index in [0.717, 1.165) is 18.4 Å². The van der Waals surface area contributed by atoms with Gasteiger partial charge in [-0.15, -0.1) is 0 Å². The summed E-state index contributed by atoms with van der Waals surface area (Å²) >= 11 is 0. The van der Waals surface area contributed by atoms with E-state index >= 15 is 0 Å². The van der Waals surface area contributed by atoms with E-state index in [9.17, 15) is 0 Å². The molecule has 2 N–H and O–H groups in total. The second-order valence-electron chi connectivity index (χ2n) is 4.36. The minimum absolute atomic E-state index is 0.405. The van der Waals surface area contributed by atoms with Crippen LogP contribution in [0.15, 0.2) is 0 Å². The quantitative estimate of drug-likeness (QED) is 0.677. The Balaban J connectivity index is 2.43. The Hall–Kier alpha value is -0.0800. The molecule has 3 unspecified atom stereocenters. The number of rotatable bonds is 2. The highest BCUT2D eigenvalue weighted by Gasteiger charge is 2.25. The third kappa shape index (κ3) is 2.46. The molecule has 1 aliphatic heterocycles. The van der Waals surface area contributed by atoms with Gasteiger partial charge < -0.3 is 10.6 Å². The van der Waals surface area contributed by atoms with Crippen molar-refractivity contribution in [2.24, 2.45) is 17.6 Å². The molecule has 3 atom stereocenters. The molecule has 12 heavy (non-hydrogen) atoms. The average Bonchev–Trinajstić information content (AvgIpc) is 2.01. The maximum Gasteiger partial charge on any atom is 0.0170 e. The van der Waals surface area contributed by atoms with Crippen molar-refractivity contribution in [1.29, 1.82) is 0 Å². The fourth-order valence-corrected chi connectivity index (χ4v) is 2.16. The van der Waals surface area contributed by atoms with Gasteiger partial charge in [-0.25, -0.2) is 0 Å².